The van der Waals surface area contributed by atoms with Crippen molar-refractivity contribution >= 4 is 5.78 Å². The second kappa shape index (κ2) is 6.39. The molecule has 0 unspecified atom stereocenters. The minimum Gasteiger partial charge on any atom is -0.303 e. The Morgan fingerprint density at radius 3 is 2.25 bits per heavy atom. The van der Waals surface area contributed by atoms with Gasteiger partial charge in [-0.3, -0.25) is 4.79 Å². The van der Waals surface area contributed by atoms with Crippen molar-refractivity contribution in [1.82, 2.24) is 4.90 Å². The number of rotatable bonds is 4. The molecule has 1 heterocycles. The zero-order valence-electron chi connectivity index (χ0n) is 10.4. The molecule has 0 spiro atoms. The number of carbonyl (C=O) groups excluding carboxylic acids is 1. The van der Waals surface area contributed by atoms with E-state index in [1.807, 2.05) is 0 Å². The monoisotopic (exact) mass is 223 g/mol. The fourth-order valence-electron chi connectivity index (χ4n) is 3.08. The van der Waals surface area contributed by atoms with Crippen molar-refractivity contribution in [1.29, 1.82) is 0 Å². The Morgan fingerprint density at radius 2 is 1.56 bits per heavy atom. The summed E-state index contributed by atoms with van der Waals surface area (Å²) in [5.74, 6) is 0.962. The van der Waals surface area contributed by atoms with Crippen molar-refractivity contribution in [2.45, 2.75) is 57.8 Å². The predicted molar refractivity (Wildman–Crippen MR) is 66.5 cm³/mol. The third-order valence-electron chi connectivity index (χ3n) is 4.18. The molecule has 0 bridgehead atoms. The van der Waals surface area contributed by atoms with Crippen molar-refractivity contribution in [3.63, 3.8) is 0 Å². The SMILES string of the molecule is O=C(CCN1CCCCC1)C1CCCCC1. The van der Waals surface area contributed by atoms with Gasteiger partial charge in [-0.2, -0.15) is 0 Å². The summed E-state index contributed by atoms with van der Waals surface area (Å²) in [6, 6.07) is 0. The molecule has 0 amide bonds. The second-order valence-corrected chi connectivity index (χ2v) is 5.45. The average Bonchev–Trinajstić information content (AvgIpc) is 2.38. The van der Waals surface area contributed by atoms with Gasteiger partial charge in [-0.25, -0.2) is 0 Å². The van der Waals surface area contributed by atoms with Gasteiger partial charge in [-0.15, -0.1) is 0 Å². The van der Waals surface area contributed by atoms with E-state index >= 15 is 0 Å². The Morgan fingerprint density at radius 1 is 0.938 bits per heavy atom. The summed E-state index contributed by atoms with van der Waals surface area (Å²) in [5.41, 5.74) is 0. The second-order valence-electron chi connectivity index (χ2n) is 5.45. The zero-order valence-corrected chi connectivity index (χ0v) is 10.4. The number of hydrogen-bond acceptors (Lipinski definition) is 2. The molecule has 2 rings (SSSR count). The van der Waals surface area contributed by atoms with Crippen molar-refractivity contribution in [3.05, 3.63) is 0 Å². The summed E-state index contributed by atoms with van der Waals surface area (Å²) in [7, 11) is 0. The Bertz CT molecular complexity index is 215. The molecule has 2 aliphatic rings. The fourth-order valence-corrected chi connectivity index (χ4v) is 3.08. The predicted octanol–water partition coefficient (Wildman–Crippen LogP) is 3.01. The molecule has 1 aliphatic carbocycles. The van der Waals surface area contributed by atoms with E-state index < -0.39 is 0 Å². The van der Waals surface area contributed by atoms with Gasteiger partial charge in [0.1, 0.15) is 5.78 Å². The van der Waals surface area contributed by atoms with Crippen LogP contribution in [0.2, 0.25) is 0 Å². The van der Waals surface area contributed by atoms with Crippen LogP contribution in [0.3, 0.4) is 0 Å². The highest BCUT2D eigenvalue weighted by Crippen LogP contribution is 2.25. The largest absolute Gasteiger partial charge is 0.303 e. The van der Waals surface area contributed by atoms with E-state index in [2.05, 4.69) is 4.90 Å². The van der Waals surface area contributed by atoms with Crippen molar-refractivity contribution in [3.8, 4) is 0 Å². The number of carbonyl (C=O) groups is 1. The van der Waals surface area contributed by atoms with Crippen molar-refractivity contribution in [2.24, 2.45) is 5.92 Å². The molecule has 0 atom stereocenters. The number of Topliss-reactive ketones (excluding diaryl/α,β-unsaturated/α-hetero) is 1. The Kier molecular flexibility index (Phi) is 4.83. The molecular formula is C14H25NO. The molecule has 1 saturated heterocycles. The lowest BCUT2D eigenvalue weighted by molar-refractivity contribution is -0.124. The average molecular weight is 223 g/mol. The first-order valence-electron chi connectivity index (χ1n) is 7.11. The van der Waals surface area contributed by atoms with Gasteiger partial charge in [0.05, 0.1) is 0 Å². The summed E-state index contributed by atoms with van der Waals surface area (Å²) >= 11 is 0. The van der Waals surface area contributed by atoms with Crippen LogP contribution in [-0.4, -0.2) is 30.3 Å². The molecular weight excluding hydrogens is 198 g/mol. The zero-order chi connectivity index (χ0) is 11.2. The molecule has 1 saturated carbocycles. The highest BCUT2D eigenvalue weighted by molar-refractivity contribution is 5.81. The summed E-state index contributed by atoms with van der Waals surface area (Å²) in [6.07, 6.45) is 11.1. The van der Waals surface area contributed by atoms with E-state index in [1.165, 1.54) is 64.5 Å². The number of likely N-dealkylation sites (tertiary alicyclic amines) is 1. The summed E-state index contributed by atoms with van der Waals surface area (Å²) in [6.45, 7) is 3.46. The summed E-state index contributed by atoms with van der Waals surface area (Å²) in [5, 5.41) is 0. The van der Waals surface area contributed by atoms with Crippen molar-refractivity contribution < 1.29 is 4.79 Å². The van der Waals surface area contributed by atoms with Gasteiger partial charge in [0.25, 0.3) is 0 Å². The molecule has 0 aromatic carbocycles. The van der Waals surface area contributed by atoms with Crippen LogP contribution in [-0.2, 0) is 4.79 Å². The molecule has 2 nitrogen and oxygen atoms in total. The van der Waals surface area contributed by atoms with Gasteiger partial charge < -0.3 is 4.90 Å². The molecule has 0 aromatic heterocycles. The Labute approximate surface area is 99.4 Å². The molecule has 0 aromatic rings. The highest BCUT2D eigenvalue weighted by Gasteiger charge is 2.21. The summed E-state index contributed by atoms with van der Waals surface area (Å²) < 4.78 is 0. The maximum atomic E-state index is 12.0. The van der Waals surface area contributed by atoms with Crippen LogP contribution in [0.5, 0.6) is 0 Å². The molecule has 0 N–H and O–H groups in total. The Hall–Kier alpha value is -0.370. The Balaban J connectivity index is 1.65. The van der Waals surface area contributed by atoms with Gasteiger partial charge in [0, 0.05) is 18.9 Å². The van der Waals surface area contributed by atoms with Crippen LogP contribution in [0.25, 0.3) is 0 Å². The minimum atomic E-state index is 0.415. The molecule has 92 valence electrons. The van der Waals surface area contributed by atoms with E-state index in [0.29, 0.717) is 11.7 Å². The van der Waals surface area contributed by atoms with Crippen LogP contribution in [0.4, 0.5) is 0 Å². The lowest BCUT2D eigenvalue weighted by Crippen LogP contribution is -2.32. The van der Waals surface area contributed by atoms with E-state index in [9.17, 15) is 4.79 Å². The van der Waals surface area contributed by atoms with E-state index in [1.54, 1.807) is 0 Å². The van der Waals surface area contributed by atoms with Gasteiger partial charge in [-0.1, -0.05) is 25.7 Å². The fraction of sp³-hybridized carbons (Fsp3) is 0.929. The lowest BCUT2D eigenvalue weighted by Gasteiger charge is -2.27. The molecule has 0 radical (unpaired) electrons. The van der Waals surface area contributed by atoms with Crippen LogP contribution in [0, 0.1) is 5.92 Å². The maximum Gasteiger partial charge on any atom is 0.137 e. The molecule has 1 aliphatic heterocycles. The maximum absolute atomic E-state index is 12.0. The van der Waals surface area contributed by atoms with Gasteiger partial charge in [0.2, 0.25) is 0 Å². The van der Waals surface area contributed by atoms with E-state index in [-0.39, 0.29) is 0 Å². The topological polar surface area (TPSA) is 20.3 Å². The lowest BCUT2D eigenvalue weighted by atomic mass is 9.85. The normalized spacial score (nSPS) is 24.5. The molecule has 16 heavy (non-hydrogen) atoms. The third kappa shape index (κ3) is 3.58. The van der Waals surface area contributed by atoms with Gasteiger partial charge in [0.15, 0.2) is 0 Å². The van der Waals surface area contributed by atoms with Gasteiger partial charge >= 0.3 is 0 Å². The highest BCUT2D eigenvalue weighted by atomic mass is 16.1. The summed E-state index contributed by atoms with van der Waals surface area (Å²) in [4.78, 5) is 14.5. The van der Waals surface area contributed by atoms with Crippen LogP contribution in [0.15, 0.2) is 0 Å². The first-order valence-corrected chi connectivity index (χ1v) is 7.11. The minimum absolute atomic E-state index is 0.415. The molecule has 2 fully saturated rings. The van der Waals surface area contributed by atoms with Crippen molar-refractivity contribution in [2.75, 3.05) is 19.6 Å². The number of hydrogen-bond donors (Lipinski definition) is 0. The van der Waals surface area contributed by atoms with Crippen LogP contribution < -0.4 is 0 Å². The smallest absolute Gasteiger partial charge is 0.137 e. The van der Waals surface area contributed by atoms with E-state index in [4.69, 9.17) is 0 Å². The molecule has 2 heteroatoms. The standard InChI is InChI=1S/C14H25NO/c16-14(13-7-3-1-4-8-13)9-12-15-10-5-2-6-11-15/h13H,1-12H2. The quantitative estimate of drug-likeness (QED) is 0.730. The first-order chi connectivity index (χ1) is 7.86. The van der Waals surface area contributed by atoms with Crippen LogP contribution in [0.1, 0.15) is 57.8 Å². The number of nitrogens with zero attached hydrogens (tertiary/aromatic N) is 1. The van der Waals surface area contributed by atoms with Gasteiger partial charge in [-0.05, 0) is 38.8 Å². The van der Waals surface area contributed by atoms with Crippen LogP contribution >= 0.6 is 0 Å². The number of ketones is 1. The third-order valence-corrected chi connectivity index (χ3v) is 4.18. The number of piperidine rings is 1. The first kappa shape index (κ1) is 12.1. The van der Waals surface area contributed by atoms with E-state index in [0.717, 1.165) is 13.0 Å².